The number of amides is 2. The van der Waals surface area contributed by atoms with Gasteiger partial charge in [-0.1, -0.05) is 6.07 Å². The Bertz CT molecular complexity index is 531. The summed E-state index contributed by atoms with van der Waals surface area (Å²) in [4.78, 5) is 25.4. The van der Waals surface area contributed by atoms with Crippen LogP contribution in [-0.2, 0) is 16.0 Å². The lowest BCUT2D eigenvalue weighted by Gasteiger charge is -2.20. The second-order valence-corrected chi connectivity index (χ2v) is 5.05. The molecule has 128 valence electrons. The molecule has 6 nitrogen and oxygen atoms in total. The maximum absolute atomic E-state index is 12.3. The first kappa shape index (κ1) is 18.8. The molecule has 0 atom stereocenters. The van der Waals surface area contributed by atoms with Gasteiger partial charge in [-0.3, -0.25) is 9.59 Å². The molecule has 0 fully saturated rings. The van der Waals surface area contributed by atoms with Gasteiger partial charge in [0, 0.05) is 19.5 Å². The summed E-state index contributed by atoms with van der Waals surface area (Å²) >= 11 is 0. The molecular weight excluding hydrogens is 296 g/mol. The molecule has 2 amide bonds. The predicted molar refractivity (Wildman–Crippen MR) is 88.8 cm³/mol. The van der Waals surface area contributed by atoms with Crippen molar-refractivity contribution in [3.63, 3.8) is 0 Å². The number of nitrogens with one attached hydrogen (secondary N) is 1. The molecule has 0 unspecified atom stereocenters. The molecule has 1 aromatic carbocycles. The van der Waals surface area contributed by atoms with Crippen molar-refractivity contribution in [3.05, 3.63) is 23.8 Å². The molecular formula is C17H26N2O4. The van der Waals surface area contributed by atoms with E-state index in [-0.39, 0.29) is 18.4 Å². The van der Waals surface area contributed by atoms with Crippen LogP contribution in [0.3, 0.4) is 0 Å². The zero-order chi connectivity index (χ0) is 17.2. The van der Waals surface area contributed by atoms with Crippen molar-refractivity contribution in [3.8, 4) is 11.5 Å². The van der Waals surface area contributed by atoms with Gasteiger partial charge in [0.1, 0.15) is 0 Å². The minimum absolute atomic E-state index is 0.0338. The Balaban J connectivity index is 2.62. The first-order valence-electron chi connectivity index (χ1n) is 7.81. The molecule has 0 saturated carbocycles. The van der Waals surface area contributed by atoms with Crippen molar-refractivity contribution in [1.29, 1.82) is 0 Å². The number of methoxy groups -OCH3 is 2. The van der Waals surface area contributed by atoms with Crippen molar-refractivity contribution in [1.82, 2.24) is 10.2 Å². The Morgan fingerprint density at radius 3 is 2.39 bits per heavy atom. The van der Waals surface area contributed by atoms with E-state index in [4.69, 9.17) is 9.47 Å². The maximum Gasteiger partial charge on any atom is 0.239 e. The van der Waals surface area contributed by atoms with Crippen LogP contribution in [0, 0.1) is 0 Å². The molecule has 0 aliphatic rings. The van der Waals surface area contributed by atoms with Gasteiger partial charge in [0.2, 0.25) is 11.8 Å². The van der Waals surface area contributed by atoms with Crippen LogP contribution in [-0.4, -0.2) is 50.6 Å². The number of rotatable bonds is 9. The summed E-state index contributed by atoms with van der Waals surface area (Å²) in [6.45, 7) is 4.91. The molecule has 0 aliphatic heterocycles. The Labute approximate surface area is 137 Å². The van der Waals surface area contributed by atoms with E-state index in [2.05, 4.69) is 5.32 Å². The highest BCUT2D eigenvalue weighted by Crippen LogP contribution is 2.28. The number of ether oxygens (including phenoxy) is 2. The van der Waals surface area contributed by atoms with Gasteiger partial charge in [-0.25, -0.2) is 0 Å². The Kier molecular flexibility index (Phi) is 7.94. The monoisotopic (exact) mass is 322 g/mol. The van der Waals surface area contributed by atoms with Gasteiger partial charge in [-0.05, 0) is 38.0 Å². The van der Waals surface area contributed by atoms with Crippen LogP contribution in [0.2, 0.25) is 0 Å². The molecule has 23 heavy (non-hydrogen) atoms. The fourth-order valence-corrected chi connectivity index (χ4v) is 2.25. The number of benzene rings is 1. The lowest BCUT2D eigenvalue weighted by atomic mass is 10.1. The second-order valence-electron chi connectivity index (χ2n) is 5.05. The third kappa shape index (κ3) is 5.81. The van der Waals surface area contributed by atoms with Crippen LogP contribution in [0.4, 0.5) is 0 Å². The van der Waals surface area contributed by atoms with E-state index < -0.39 is 0 Å². The summed E-state index contributed by atoms with van der Waals surface area (Å²) in [5.41, 5.74) is 0.991. The Hall–Kier alpha value is -2.24. The highest BCUT2D eigenvalue weighted by atomic mass is 16.5. The minimum Gasteiger partial charge on any atom is -0.493 e. The first-order chi connectivity index (χ1) is 11.0. The van der Waals surface area contributed by atoms with Crippen molar-refractivity contribution >= 4 is 11.8 Å². The van der Waals surface area contributed by atoms with Gasteiger partial charge in [-0.15, -0.1) is 0 Å². The number of nitrogens with zero attached hydrogens (tertiary/aromatic N) is 1. The zero-order valence-corrected chi connectivity index (χ0v) is 14.3. The van der Waals surface area contributed by atoms with Crippen molar-refractivity contribution in [2.45, 2.75) is 26.7 Å². The number of hydrogen-bond acceptors (Lipinski definition) is 4. The van der Waals surface area contributed by atoms with Crippen molar-refractivity contribution in [2.75, 3.05) is 33.9 Å². The third-order valence-corrected chi connectivity index (χ3v) is 3.52. The average molecular weight is 322 g/mol. The van der Waals surface area contributed by atoms with Crippen molar-refractivity contribution < 1.29 is 19.1 Å². The summed E-state index contributed by atoms with van der Waals surface area (Å²) < 4.78 is 10.5. The van der Waals surface area contributed by atoms with Gasteiger partial charge in [0.25, 0.3) is 0 Å². The molecule has 6 heteroatoms. The standard InChI is InChI=1S/C17H26N2O4/c1-5-18-16(20)12-19(6-2)17(21)10-8-13-7-9-14(22-3)15(11-13)23-4/h7,9,11H,5-6,8,10,12H2,1-4H3,(H,18,20). The summed E-state index contributed by atoms with van der Waals surface area (Å²) in [6.07, 6.45) is 0.938. The maximum atomic E-state index is 12.3. The molecule has 0 aliphatic carbocycles. The Morgan fingerprint density at radius 1 is 1.13 bits per heavy atom. The fraction of sp³-hybridized carbons (Fsp3) is 0.529. The van der Waals surface area contributed by atoms with Crippen molar-refractivity contribution in [2.24, 2.45) is 0 Å². The molecule has 0 aromatic heterocycles. The second kappa shape index (κ2) is 9.71. The van der Waals surface area contributed by atoms with Gasteiger partial charge >= 0.3 is 0 Å². The van der Waals surface area contributed by atoms with Gasteiger partial charge in [0.05, 0.1) is 20.8 Å². The number of carbonyl (C=O) groups excluding carboxylic acids is 2. The zero-order valence-electron chi connectivity index (χ0n) is 14.3. The molecule has 1 aromatic rings. The summed E-state index contributed by atoms with van der Waals surface area (Å²) in [7, 11) is 3.17. The number of likely N-dealkylation sites (N-methyl/N-ethyl adjacent to an activating group) is 2. The third-order valence-electron chi connectivity index (χ3n) is 3.52. The van der Waals surface area contributed by atoms with Crippen LogP contribution in [0.15, 0.2) is 18.2 Å². The highest BCUT2D eigenvalue weighted by molar-refractivity contribution is 5.84. The van der Waals surface area contributed by atoms with Gasteiger partial charge in [-0.2, -0.15) is 0 Å². The average Bonchev–Trinajstić information content (AvgIpc) is 2.57. The smallest absolute Gasteiger partial charge is 0.239 e. The molecule has 0 saturated heterocycles. The van der Waals surface area contributed by atoms with E-state index in [1.54, 1.807) is 19.1 Å². The number of aryl methyl sites for hydroxylation is 1. The molecule has 1 rings (SSSR count). The molecule has 0 spiro atoms. The van der Waals surface area contributed by atoms with E-state index in [9.17, 15) is 9.59 Å². The fourth-order valence-electron chi connectivity index (χ4n) is 2.25. The minimum atomic E-state index is -0.131. The predicted octanol–water partition coefficient (Wildman–Crippen LogP) is 1.62. The summed E-state index contributed by atoms with van der Waals surface area (Å²) in [6, 6.07) is 5.60. The van der Waals surface area contributed by atoms with E-state index in [0.717, 1.165) is 5.56 Å². The molecule has 1 N–H and O–H groups in total. The van der Waals surface area contributed by atoms with Crippen LogP contribution < -0.4 is 14.8 Å². The van der Waals surface area contributed by atoms with E-state index in [1.165, 1.54) is 0 Å². The van der Waals surface area contributed by atoms with Crippen LogP contribution in [0.5, 0.6) is 11.5 Å². The van der Waals surface area contributed by atoms with Crippen LogP contribution >= 0.6 is 0 Å². The number of hydrogen-bond donors (Lipinski definition) is 1. The molecule has 0 heterocycles. The lowest BCUT2D eigenvalue weighted by molar-refractivity contribution is -0.135. The largest absolute Gasteiger partial charge is 0.493 e. The SMILES string of the molecule is CCNC(=O)CN(CC)C(=O)CCc1ccc(OC)c(OC)c1. The van der Waals surface area contributed by atoms with Crippen LogP contribution in [0.1, 0.15) is 25.8 Å². The topological polar surface area (TPSA) is 67.9 Å². The first-order valence-corrected chi connectivity index (χ1v) is 7.81. The normalized spacial score (nSPS) is 10.1. The highest BCUT2D eigenvalue weighted by Gasteiger charge is 2.15. The Morgan fingerprint density at radius 2 is 1.83 bits per heavy atom. The van der Waals surface area contributed by atoms with E-state index in [0.29, 0.717) is 37.4 Å². The summed E-state index contributed by atoms with van der Waals surface area (Å²) in [5, 5.41) is 2.70. The summed E-state index contributed by atoms with van der Waals surface area (Å²) in [5.74, 6) is 1.14. The lowest BCUT2D eigenvalue weighted by Crippen LogP contribution is -2.40. The molecule has 0 bridgehead atoms. The quantitative estimate of drug-likeness (QED) is 0.750. The molecule has 0 radical (unpaired) electrons. The van der Waals surface area contributed by atoms with Crippen LogP contribution in [0.25, 0.3) is 0 Å². The van der Waals surface area contributed by atoms with Gasteiger partial charge < -0.3 is 19.7 Å². The van der Waals surface area contributed by atoms with Gasteiger partial charge in [0.15, 0.2) is 11.5 Å². The number of carbonyl (C=O) groups is 2. The van der Waals surface area contributed by atoms with E-state index in [1.807, 2.05) is 32.0 Å². The van der Waals surface area contributed by atoms with E-state index >= 15 is 0 Å².